The highest BCUT2D eigenvalue weighted by Gasteiger charge is 2.19. The van der Waals surface area contributed by atoms with Gasteiger partial charge >= 0.3 is 0 Å². The summed E-state index contributed by atoms with van der Waals surface area (Å²) in [4.78, 5) is 4.59. The van der Waals surface area contributed by atoms with Crippen LogP contribution in [0.3, 0.4) is 0 Å². The molecule has 0 amide bonds. The van der Waals surface area contributed by atoms with E-state index >= 15 is 0 Å². The van der Waals surface area contributed by atoms with Gasteiger partial charge in [-0.2, -0.15) is 4.98 Å². The van der Waals surface area contributed by atoms with Crippen molar-refractivity contribution in [3.05, 3.63) is 11.7 Å². The molecule has 0 bridgehead atoms. The fourth-order valence-electron chi connectivity index (χ4n) is 2.72. The maximum Gasteiger partial charge on any atom is 0.227 e. The molecule has 1 aromatic heterocycles. The van der Waals surface area contributed by atoms with Crippen molar-refractivity contribution in [2.45, 2.75) is 77.2 Å². The topological polar surface area (TPSA) is 51.0 Å². The Kier molecular flexibility index (Phi) is 5.83. The molecule has 0 saturated heterocycles. The molecule has 0 unspecified atom stereocenters. The molecule has 1 aliphatic rings. The quantitative estimate of drug-likeness (QED) is 0.886. The van der Waals surface area contributed by atoms with Crippen molar-refractivity contribution in [1.82, 2.24) is 15.5 Å². The molecule has 0 atom stereocenters. The normalized spacial score (nSPS) is 18.5. The van der Waals surface area contributed by atoms with Crippen LogP contribution in [0.1, 0.15) is 76.4 Å². The van der Waals surface area contributed by atoms with E-state index in [9.17, 15) is 0 Å². The first kappa shape index (κ1) is 14.5. The highest BCUT2D eigenvalue weighted by molar-refractivity contribution is 4.96. The van der Waals surface area contributed by atoms with Crippen molar-refractivity contribution in [2.24, 2.45) is 0 Å². The fourth-order valence-corrected chi connectivity index (χ4v) is 2.72. The van der Waals surface area contributed by atoms with Gasteiger partial charge < -0.3 is 9.84 Å². The average molecular weight is 265 g/mol. The van der Waals surface area contributed by atoms with Gasteiger partial charge in [0.25, 0.3) is 0 Å². The van der Waals surface area contributed by atoms with Crippen molar-refractivity contribution in [3.63, 3.8) is 0 Å². The predicted octanol–water partition coefficient (Wildman–Crippen LogP) is 3.44. The minimum Gasteiger partial charge on any atom is -0.339 e. The molecule has 0 aliphatic heterocycles. The summed E-state index contributed by atoms with van der Waals surface area (Å²) >= 11 is 0. The van der Waals surface area contributed by atoms with Crippen molar-refractivity contribution in [2.75, 3.05) is 6.54 Å². The van der Waals surface area contributed by atoms with Crippen LogP contribution in [0.15, 0.2) is 4.52 Å². The number of nitrogens with zero attached hydrogens (tertiary/aromatic N) is 2. The third-order valence-electron chi connectivity index (χ3n) is 3.85. The van der Waals surface area contributed by atoms with E-state index in [1.54, 1.807) is 0 Å². The minimum absolute atomic E-state index is 0.507. The number of aromatic nitrogens is 2. The van der Waals surface area contributed by atoms with Gasteiger partial charge in [0, 0.05) is 24.9 Å². The summed E-state index contributed by atoms with van der Waals surface area (Å²) in [7, 11) is 0. The highest BCUT2D eigenvalue weighted by atomic mass is 16.5. The molecule has 0 radical (unpaired) electrons. The van der Waals surface area contributed by atoms with Crippen LogP contribution in [0.4, 0.5) is 0 Å². The van der Waals surface area contributed by atoms with E-state index in [0.29, 0.717) is 12.0 Å². The van der Waals surface area contributed by atoms with Crippen molar-refractivity contribution >= 4 is 0 Å². The lowest BCUT2D eigenvalue weighted by molar-refractivity contribution is 0.358. The van der Waals surface area contributed by atoms with Crippen LogP contribution in [0.25, 0.3) is 0 Å². The zero-order valence-electron chi connectivity index (χ0n) is 12.3. The second-order valence-electron chi connectivity index (χ2n) is 5.95. The molecule has 4 heteroatoms. The monoisotopic (exact) mass is 265 g/mol. The highest BCUT2D eigenvalue weighted by Crippen LogP contribution is 2.29. The Morgan fingerprint density at radius 1 is 1.16 bits per heavy atom. The summed E-state index contributed by atoms with van der Waals surface area (Å²) < 4.78 is 5.37. The number of hydrogen-bond acceptors (Lipinski definition) is 4. The number of nitrogens with one attached hydrogen (secondary N) is 1. The van der Waals surface area contributed by atoms with E-state index in [1.807, 2.05) is 0 Å². The van der Waals surface area contributed by atoms with Crippen LogP contribution in [-0.4, -0.2) is 22.7 Å². The SMILES string of the molecule is CC(C)NCCc1nc(C2CCCCCCC2)no1. The van der Waals surface area contributed by atoms with Gasteiger partial charge in [-0.15, -0.1) is 0 Å². The lowest BCUT2D eigenvalue weighted by atomic mass is 9.91. The van der Waals surface area contributed by atoms with Gasteiger partial charge in [-0.3, -0.25) is 0 Å². The fraction of sp³-hybridized carbons (Fsp3) is 0.867. The van der Waals surface area contributed by atoms with Crippen LogP contribution in [0.2, 0.25) is 0 Å². The van der Waals surface area contributed by atoms with Gasteiger partial charge in [-0.25, -0.2) is 0 Å². The second-order valence-corrected chi connectivity index (χ2v) is 5.95. The number of rotatable bonds is 5. The lowest BCUT2D eigenvalue weighted by Crippen LogP contribution is -2.25. The summed E-state index contributed by atoms with van der Waals surface area (Å²) in [5.41, 5.74) is 0. The molecule has 19 heavy (non-hydrogen) atoms. The maximum absolute atomic E-state index is 5.37. The van der Waals surface area contributed by atoms with E-state index in [1.165, 1.54) is 44.9 Å². The maximum atomic E-state index is 5.37. The first-order valence-electron chi connectivity index (χ1n) is 7.81. The molecule has 1 heterocycles. The molecule has 4 nitrogen and oxygen atoms in total. The average Bonchev–Trinajstić information content (AvgIpc) is 2.76. The lowest BCUT2D eigenvalue weighted by Gasteiger charge is -2.15. The Balaban J connectivity index is 1.84. The van der Waals surface area contributed by atoms with Gasteiger partial charge in [-0.05, 0) is 12.8 Å². The van der Waals surface area contributed by atoms with Crippen LogP contribution >= 0.6 is 0 Å². The van der Waals surface area contributed by atoms with Gasteiger partial charge in [0.15, 0.2) is 5.82 Å². The smallest absolute Gasteiger partial charge is 0.227 e. The van der Waals surface area contributed by atoms with Crippen LogP contribution in [0.5, 0.6) is 0 Å². The standard InChI is InChI=1S/C15H27N3O/c1-12(2)16-11-10-14-17-15(18-19-14)13-8-6-4-3-5-7-9-13/h12-13,16H,3-11H2,1-2H3. The molecule has 1 saturated carbocycles. The molecular formula is C15H27N3O. The minimum atomic E-state index is 0.507. The Morgan fingerprint density at radius 2 is 1.84 bits per heavy atom. The molecular weight excluding hydrogens is 238 g/mol. The predicted molar refractivity (Wildman–Crippen MR) is 76.2 cm³/mol. The van der Waals surface area contributed by atoms with Crippen LogP contribution in [0, 0.1) is 0 Å². The van der Waals surface area contributed by atoms with Crippen molar-refractivity contribution in [1.29, 1.82) is 0 Å². The van der Waals surface area contributed by atoms with E-state index in [-0.39, 0.29) is 0 Å². The second kappa shape index (κ2) is 7.63. The molecule has 1 aromatic rings. The van der Waals surface area contributed by atoms with Gasteiger partial charge in [-0.1, -0.05) is 51.1 Å². The molecule has 1 fully saturated rings. The van der Waals surface area contributed by atoms with E-state index in [2.05, 4.69) is 29.3 Å². The Labute approximate surface area is 116 Å². The third-order valence-corrected chi connectivity index (χ3v) is 3.85. The van der Waals surface area contributed by atoms with Crippen LogP contribution in [-0.2, 0) is 6.42 Å². The molecule has 2 rings (SSSR count). The van der Waals surface area contributed by atoms with Crippen molar-refractivity contribution < 1.29 is 4.52 Å². The molecule has 1 N–H and O–H groups in total. The molecule has 1 aliphatic carbocycles. The summed E-state index contributed by atoms with van der Waals surface area (Å²) in [6.45, 7) is 5.20. The van der Waals surface area contributed by atoms with E-state index < -0.39 is 0 Å². The third kappa shape index (κ3) is 4.94. The first-order valence-corrected chi connectivity index (χ1v) is 7.81. The van der Waals surface area contributed by atoms with Gasteiger partial charge in [0.2, 0.25) is 5.89 Å². The van der Waals surface area contributed by atoms with Gasteiger partial charge in [0.1, 0.15) is 0 Å². The Hall–Kier alpha value is -0.900. The Bertz CT molecular complexity index is 354. The summed E-state index contributed by atoms with van der Waals surface area (Å²) in [5, 5.41) is 7.57. The van der Waals surface area contributed by atoms with Crippen molar-refractivity contribution in [3.8, 4) is 0 Å². The zero-order chi connectivity index (χ0) is 13.5. The largest absolute Gasteiger partial charge is 0.339 e. The first-order chi connectivity index (χ1) is 9.25. The summed E-state index contributed by atoms with van der Waals surface area (Å²) in [6, 6.07) is 0.507. The van der Waals surface area contributed by atoms with Gasteiger partial charge in [0.05, 0.1) is 0 Å². The van der Waals surface area contributed by atoms with E-state index in [0.717, 1.165) is 24.7 Å². The number of hydrogen-bond donors (Lipinski definition) is 1. The zero-order valence-corrected chi connectivity index (χ0v) is 12.3. The summed E-state index contributed by atoms with van der Waals surface area (Å²) in [5.74, 6) is 2.25. The molecule has 0 spiro atoms. The van der Waals surface area contributed by atoms with Crippen LogP contribution < -0.4 is 5.32 Å². The molecule has 0 aromatic carbocycles. The Morgan fingerprint density at radius 3 is 2.53 bits per heavy atom. The molecule has 108 valence electrons. The van der Waals surface area contributed by atoms with E-state index in [4.69, 9.17) is 4.52 Å². The summed E-state index contributed by atoms with van der Waals surface area (Å²) in [6.07, 6.45) is 10.0.